The Morgan fingerprint density at radius 1 is 0.923 bits per heavy atom. The number of para-hydroxylation sites is 1. The van der Waals surface area contributed by atoms with E-state index in [1.165, 1.54) is 54.6 Å². The summed E-state index contributed by atoms with van der Waals surface area (Å²) in [4.78, 5) is -0.0400. The highest BCUT2D eigenvalue weighted by atomic mass is 35.5. The van der Waals surface area contributed by atoms with E-state index >= 15 is 4.39 Å². The molecule has 0 aliphatic carbocycles. The number of aliphatic hydroxyl groups is 1. The molecular formula is C25H18ClF7N2O3S. The molecule has 1 aliphatic heterocycles. The van der Waals surface area contributed by atoms with Gasteiger partial charge in [0.1, 0.15) is 5.82 Å². The molecule has 0 bridgehead atoms. The van der Waals surface area contributed by atoms with Crippen LogP contribution in [0.4, 0.5) is 36.4 Å². The largest absolute Gasteiger partial charge is 0.431 e. The molecule has 0 amide bonds. The van der Waals surface area contributed by atoms with Crippen LogP contribution in [-0.4, -0.2) is 43.4 Å². The number of hydrogen-bond acceptors (Lipinski definition) is 5. The van der Waals surface area contributed by atoms with E-state index in [4.69, 9.17) is 11.6 Å². The number of hydrogen-bond donors (Lipinski definition) is 1. The molecular weight excluding hydrogens is 577 g/mol. The molecule has 1 aliphatic rings. The second-order valence-electron chi connectivity index (χ2n) is 8.80. The predicted octanol–water partition coefficient (Wildman–Crippen LogP) is 6.71. The number of nitrogens with zero attached hydrogens (tertiary/aromatic N) is 2. The van der Waals surface area contributed by atoms with E-state index in [0.29, 0.717) is 10.6 Å². The fourth-order valence-electron chi connectivity index (χ4n) is 4.20. The maximum absolute atomic E-state index is 15.5. The van der Waals surface area contributed by atoms with Gasteiger partial charge in [-0.2, -0.15) is 31.4 Å². The molecule has 208 valence electrons. The van der Waals surface area contributed by atoms with Gasteiger partial charge in [-0.1, -0.05) is 48.0 Å². The number of anilines is 1. The zero-order chi connectivity index (χ0) is 29.0. The summed E-state index contributed by atoms with van der Waals surface area (Å²) in [6.45, 7) is 0. The predicted molar refractivity (Wildman–Crippen MR) is 131 cm³/mol. The Morgan fingerprint density at radius 2 is 1.54 bits per heavy atom. The first-order valence-corrected chi connectivity index (χ1v) is 13.3. The second-order valence-corrected chi connectivity index (χ2v) is 11.2. The summed E-state index contributed by atoms with van der Waals surface area (Å²) in [6.07, 6.45) is -12.5. The van der Waals surface area contributed by atoms with Gasteiger partial charge in [-0.3, -0.25) is 5.01 Å². The first kappa shape index (κ1) is 28.8. The summed E-state index contributed by atoms with van der Waals surface area (Å²) in [6, 6.07) is 12.9. The van der Waals surface area contributed by atoms with E-state index in [1.807, 2.05) is 0 Å². The van der Waals surface area contributed by atoms with Gasteiger partial charge in [-0.15, -0.1) is 0 Å². The van der Waals surface area contributed by atoms with Crippen LogP contribution in [0.25, 0.3) is 11.1 Å². The van der Waals surface area contributed by atoms with Gasteiger partial charge in [0.15, 0.2) is 9.84 Å². The lowest BCUT2D eigenvalue weighted by molar-refractivity contribution is -0.338. The summed E-state index contributed by atoms with van der Waals surface area (Å²) in [5, 5.41) is 14.1. The quantitative estimate of drug-likeness (QED) is 0.333. The Kier molecular flexibility index (Phi) is 7.24. The molecule has 0 saturated heterocycles. The van der Waals surface area contributed by atoms with Crippen molar-refractivity contribution in [2.75, 3.05) is 11.3 Å². The van der Waals surface area contributed by atoms with Crippen molar-refractivity contribution in [3.63, 3.8) is 0 Å². The Balaban J connectivity index is 1.83. The van der Waals surface area contributed by atoms with Crippen LogP contribution in [-0.2, 0) is 9.84 Å². The van der Waals surface area contributed by atoms with Crippen molar-refractivity contribution in [3.8, 4) is 11.1 Å². The highest BCUT2D eigenvalue weighted by molar-refractivity contribution is 7.90. The number of halogens is 8. The molecule has 0 saturated carbocycles. The normalized spacial score (nSPS) is 16.9. The van der Waals surface area contributed by atoms with Crippen LogP contribution in [0.15, 0.2) is 76.7 Å². The third-order valence-electron chi connectivity index (χ3n) is 6.20. The van der Waals surface area contributed by atoms with Crippen molar-refractivity contribution >= 4 is 32.8 Å². The molecule has 3 aromatic rings. The molecule has 0 fully saturated rings. The van der Waals surface area contributed by atoms with Crippen molar-refractivity contribution in [3.05, 3.63) is 83.1 Å². The monoisotopic (exact) mass is 594 g/mol. The Labute approximate surface area is 223 Å². The van der Waals surface area contributed by atoms with Crippen molar-refractivity contribution in [1.82, 2.24) is 0 Å². The molecule has 3 aromatic carbocycles. The van der Waals surface area contributed by atoms with Crippen molar-refractivity contribution in [2.45, 2.75) is 35.3 Å². The number of sulfone groups is 1. The van der Waals surface area contributed by atoms with Gasteiger partial charge in [0.2, 0.25) is 0 Å². The number of benzene rings is 3. The topological polar surface area (TPSA) is 70.0 Å². The standard InChI is InChI=1S/C25H18ClF7N2O3S/c1-39(37,38)16-6-4-5-14(11-16)15-9-10-17(19(27)12-15)21-13-22(23(36,24(28,29)30)25(31,32)33)34-35(21)20-8-3-2-7-18(20)26/h2-12,21,36H,13H2,1H3. The molecule has 0 radical (unpaired) electrons. The Bertz CT molecular complexity index is 1540. The van der Waals surface area contributed by atoms with Crippen molar-refractivity contribution in [2.24, 2.45) is 5.10 Å². The molecule has 0 aromatic heterocycles. The number of rotatable bonds is 5. The summed E-state index contributed by atoms with van der Waals surface area (Å²) < 4.78 is 121. The highest BCUT2D eigenvalue weighted by Gasteiger charge is 2.74. The summed E-state index contributed by atoms with van der Waals surface area (Å²) in [5.74, 6) is -1.02. The molecule has 1 N–H and O–H groups in total. The van der Waals surface area contributed by atoms with Crippen LogP contribution in [0, 0.1) is 5.82 Å². The van der Waals surface area contributed by atoms with Gasteiger partial charge < -0.3 is 5.11 Å². The van der Waals surface area contributed by atoms with E-state index < -0.39 is 51.8 Å². The molecule has 1 heterocycles. The van der Waals surface area contributed by atoms with Crippen molar-refractivity contribution < 1.29 is 44.3 Å². The fraction of sp³-hybridized carbons (Fsp3) is 0.240. The van der Waals surface area contributed by atoms with Crippen LogP contribution in [0.5, 0.6) is 0 Å². The molecule has 5 nitrogen and oxygen atoms in total. The van der Waals surface area contributed by atoms with Crippen LogP contribution < -0.4 is 5.01 Å². The first-order chi connectivity index (χ1) is 17.9. The Morgan fingerprint density at radius 3 is 2.10 bits per heavy atom. The first-order valence-electron chi connectivity index (χ1n) is 11.0. The lowest BCUT2D eigenvalue weighted by atomic mass is 9.89. The van der Waals surface area contributed by atoms with Gasteiger partial charge in [0, 0.05) is 18.2 Å². The van der Waals surface area contributed by atoms with Crippen LogP contribution in [0.1, 0.15) is 18.0 Å². The summed E-state index contributed by atoms with van der Waals surface area (Å²) >= 11 is 6.13. The number of alkyl halides is 6. The fourth-order valence-corrected chi connectivity index (χ4v) is 5.09. The molecule has 1 unspecified atom stereocenters. The molecule has 39 heavy (non-hydrogen) atoms. The van der Waals surface area contributed by atoms with E-state index in [0.717, 1.165) is 18.4 Å². The van der Waals surface area contributed by atoms with E-state index in [-0.39, 0.29) is 26.7 Å². The zero-order valence-corrected chi connectivity index (χ0v) is 21.3. The smallest absolute Gasteiger partial charge is 0.369 e. The van der Waals surface area contributed by atoms with Gasteiger partial charge in [-0.25, -0.2) is 12.8 Å². The van der Waals surface area contributed by atoms with E-state index in [9.17, 15) is 39.9 Å². The lowest BCUT2D eigenvalue weighted by Gasteiger charge is -2.32. The van der Waals surface area contributed by atoms with Crippen LogP contribution >= 0.6 is 11.6 Å². The Hall–Kier alpha value is -3.16. The SMILES string of the molecule is CS(=O)(=O)c1cccc(-c2ccc(C3CC(C(O)(C(F)(F)F)C(F)(F)F)=NN3c3ccccc3Cl)c(F)c2)c1. The lowest BCUT2D eigenvalue weighted by Crippen LogP contribution is -2.62. The van der Waals surface area contributed by atoms with E-state index in [1.54, 1.807) is 0 Å². The highest BCUT2D eigenvalue weighted by Crippen LogP contribution is 2.49. The van der Waals surface area contributed by atoms with Gasteiger partial charge in [-0.05, 0) is 41.5 Å². The molecule has 0 spiro atoms. The molecule has 14 heteroatoms. The third-order valence-corrected chi connectivity index (χ3v) is 7.63. The van der Waals surface area contributed by atoms with Gasteiger partial charge in [0.25, 0.3) is 5.60 Å². The maximum atomic E-state index is 15.5. The zero-order valence-electron chi connectivity index (χ0n) is 19.7. The summed E-state index contributed by atoms with van der Waals surface area (Å²) in [7, 11) is -3.59. The van der Waals surface area contributed by atoms with Crippen LogP contribution in [0.3, 0.4) is 0 Å². The summed E-state index contributed by atoms with van der Waals surface area (Å²) in [5.41, 5.74) is -6.92. The minimum atomic E-state index is -6.18. The minimum Gasteiger partial charge on any atom is -0.369 e. The van der Waals surface area contributed by atoms with Crippen LogP contribution in [0.2, 0.25) is 5.02 Å². The third kappa shape index (κ3) is 5.22. The van der Waals surface area contributed by atoms with Gasteiger partial charge in [0.05, 0.1) is 27.4 Å². The minimum absolute atomic E-state index is 0.0400. The van der Waals surface area contributed by atoms with Gasteiger partial charge >= 0.3 is 12.4 Å². The number of hydrazone groups is 1. The maximum Gasteiger partial charge on any atom is 0.431 e. The average molecular weight is 595 g/mol. The average Bonchev–Trinajstić information content (AvgIpc) is 3.27. The van der Waals surface area contributed by atoms with E-state index in [2.05, 4.69) is 5.10 Å². The molecule has 1 atom stereocenters. The van der Waals surface area contributed by atoms with Crippen molar-refractivity contribution in [1.29, 1.82) is 0 Å². The molecule has 4 rings (SSSR count). The second kappa shape index (κ2) is 9.79.